The first-order valence-corrected chi connectivity index (χ1v) is 12.3. The maximum Gasteiger partial charge on any atom is 0.251 e. The number of benzene rings is 3. The summed E-state index contributed by atoms with van der Waals surface area (Å²) >= 11 is 0. The zero-order valence-electron chi connectivity index (χ0n) is 19.6. The van der Waals surface area contributed by atoms with Gasteiger partial charge in [-0.15, -0.1) is 0 Å². The van der Waals surface area contributed by atoms with E-state index in [9.17, 15) is 4.79 Å². The molecule has 34 heavy (non-hydrogen) atoms. The summed E-state index contributed by atoms with van der Waals surface area (Å²) in [6, 6.07) is 22.9. The molecule has 3 aromatic carbocycles. The van der Waals surface area contributed by atoms with Gasteiger partial charge >= 0.3 is 0 Å². The van der Waals surface area contributed by atoms with Gasteiger partial charge in [0.25, 0.3) is 5.91 Å². The van der Waals surface area contributed by atoms with Gasteiger partial charge < -0.3 is 14.9 Å². The third-order valence-corrected chi connectivity index (χ3v) is 7.35. The van der Waals surface area contributed by atoms with Crippen molar-refractivity contribution in [3.8, 4) is 0 Å². The van der Waals surface area contributed by atoms with Crippen LogP contribution in [-0.2, 0) is 20.0 Å². The van der Waals surface area contributed by atoms with E-state index in [1.165, 1.54) is 22.2 Å². The molecule has 0 spiro atoms. The van der Waals surface area contributed by atoms with E-state index in [1.807, 2.05) is 30.3 Å². The van der Waals surface area contributed by atoms with E-state index >= 15 is 0 Å². The summed E-state index contributed by atoms with van der Waals surface area (Å²) in [5.74, 6) is 0.00514. The first-order chi connectivity index (χ1) is 16.7. The fourth-order valence-electron chi connectivity index (χ4n) is 5.53. The van der Waals surface area contributed by atoms with Gasteiger partial charge in [0.1, 0.15) is 0 Å². The number of hydrogen-bond donors (Lipinski definition) is 2. The first kappa shape index (κ1) is 21.0. The second kappa shape index (κ2) is 8.65. The second-order valence-electron chi connectivity index (χ2n) is 9.42. The van der Waals surface area contributed by atoms with Crippen molar-refractivity contribution < 1.29 is 4.79 Å². The molecule has 0 fully saturated rings. The summed E-state index contributed by atoms with van der Waals surface area (Å²) in [5, 5.41) is 6.76. The number of carbonyl (C=O) groups excluding carboxylic acids is 1. The molecule has 3 heterocycles. The molecular weight excluding hydrogens is 420 g/mol. The highest BCUT2D eigenvalue weighted by Gasteiger charge is 2.22. The van der Waals surface area contributed by atoms with Gasteiger partial charge in [0.05, 0.1) is 0 Å². The molecule has 5 nitrogen and oxygen atoms in total. The van der Waals surface area contributed by atoms with Gasteiger partial charge in [-0.05, 0) is 55.3 Å². The minimum absolute atomic E-state index is 0.00514. The highest BCUT2D eigenvalue weighted by atomic mass is 16.1. The Morgan fingerprint density at radius 3 is 2.65 bits per heavy atom. The van der Waals surface area contributed by atoms with Crippen LogP contribution in [0.3, 0.4) is 0 Å². The molecule has 2 N–H and O–H groups in total. The highest BCUT2D eigenvalue weighted by molar-refractivity contribution is 6.09. The number of H-pyrrole nitrogens is 1. The zero-order valence-corrected chi connectivity index (χ0v) is 19.6. The van der Waals surface area contributed by atoms with Crippen LogP contribution in [0.5, 0.6) is 0 Å². The van der Waals surface area contributed by atoms with E-state index < -0.39 is 0 Å². The summed E-state index contributed by atoms with van der Waals surface area (Å²) in [6.07, 6.45) is 3.18. The minimum Gasteiger partial charge on any atom is -0.355 e. The number of carbonyl (C=O) groups is 1. The van der Waals surface area contributed by atoms with E-state index in [-0.39, 0.29) is 5.91 Å². The normalized spacial score (nSPS) is 14.1. The van der Waals surface area contributed by atoms with Crippen LogP contribution in [0.25, 0.3) is 32.7 Å². The Bertz CT molecular complexity index is 1510. The van der Waals surface area contributed by atoms with E-state index in [0.29, 0.717) is 6.54 Å². The van der Waals surface area contributed by atoms with Crippen molar-refractivity contribution in [2.45, 2.75) is 25.8 Å². The molecule has 0 atom stereocenters. The molecule has 5 heteroatoms. The van der Waals surface area contributed by atoms with Gasteiger partial charge in [0.2, 0.25) is 0 Å². The van der Waals surface area contributed by atoms with Crippen molar-refractivity contribution in [3.63, 3.8) is 0 Å². The molecule has 1 amide bonds. The van der Waals surface area contributed by atoms with Crippen molar-refractivity contribution in [2.24, 2.45) is 7.05 Å². The summed E-state index contributed by atoms with van der Waals surface area (Å²) in [5.41, 5.74) is 7.19. The van der Waals surface area contributed by atoms with Crippen LogP contribution in [0, 0.1) is 0 Å². The number of aryl methyl sites for hydroxylation is 1. The summed E-state index contributed by atoms with van der Waals surface area (Å²) in [6.45, 7) is 3.90. The number of para-hydroxylation sites is 2. The molecular formula is C29H30N4O. The average Bonchev–Trinajstić information content (AvgIpc) is 3.38. The molecule has 6 rings (SSSR count). The Morgan fingerprint density at radius 1 is 0.941 bits per heavy atom. The Balaban J connectivity index is 1.03. The van der Waals surface area contributed by atoms with Crippen molar-refractivity contribution in [2.75, 3.05) is 19.6 Å². The lowest BCUT2D eigenvalue weighted by molar-refractivity contribution is 0.0952. The van der Waals surface area contributed by atoms with Gasteiger partial charge in [-0.3, -0.25) is 9.69 Å². The third kappa shape index (κ3) is 3.66. The van der Waals surface area contributed by atoms with Crippen molar-refractivity contribution in [1.82, 2.24) is 19.8 Å². The quantitative estimate of drug-likeness (QED) is 0.341. The van der Waals surface area contributed by atoms with Crippen molar-refractivity contribution in [1.29, 1.82) is 0 Å². The molecule has 172 valence electrons. The lowest BCUT2D eigenvalue weighted by Crippen LogP contribution is -2.32. The molecule has 0 unspecified atom stereocenters. The minimum atomic E-state index is 0.00514. The van der Waals surface area contributed by atoms with Crippen LogP contribution in [0.2, 0.25) is 0 Å². The molecule has 0 saturated heterocycles. The van der Waals surface area contributed by atoms with Crippen LogP contribution in [0.15, 0.2) is 66.7 Å². The molecule has 5 aromatic rings. The number of fused-ring (bicyclic) bond motifs is 6. The fourth-order valence-corrected chi connectivity index (χ4v) is 5.53. The molecule has 0 aliphatic carbocycles. The van der Waals surface area contributed by atoms with Gasteiger partial charge in [0.15, 0.2) is 0 Å². The number of aromatic nitrogens is 2. The Hall–Kier alpha value is -3.57. The summed E-state index contributed by atoms with van der Waals surface area (Å²) < 4.78 is 2.37. The molecule has 0 saturated carbocycles. The monoisotopic (exact) mass is 450 g/mol. The smallest absolute Gasteiger partial charge is 0.251 e. The topological polar surface area (TPSA) is 53.1 Å². The molecule has 2 aromatic heterocycles. The van der Waals surface area contributed by atoms with Crippen molar-refractivity contribution in [3.05, 3.63) is 83.6 Å². The van der Waals surface area contributed by atoms with E-state index in [0.717, 1.165) is 66.3 Å². The first-order valence-electron chi connectivity index (χ1n) is 12.3. The number of rotatable bonds is 6. The zero-order chi connectivity index (χ0) is 23.1. The van der Waals surface area contributed by atoms with Crippen LogP contribution in [-0.4, -0.2) is 40.0 Å². The SMILES string of the molecule is Cn1c2c(c3ccccc31)CN(CCCCNC(=O)c1ccc3[nH]c4ccccc4c3c1)CC2. The number of hydrogen-bond acceptors (Lipinski definition) is 2. The van der Waals surface area contributed by atoms with Crippen LogP contribution in [0.4, 0.5) is 0 Å². The Morgan fingerprint density at radius 2 is 1.74 bits per heavy atom. The summed E-state index contributed by atoms with van der Waals surface area (Å²) in [7, 11) is 2.19. The number of unbranched alkanes of at least 4 members (excludes halogenated alkanes) is 1. The maximum atomic E-state index is 12.7. The fraction of sp³-hybridized carbons (Fsp3) is 0.276. The second-order valence-corrected chi connectivity index (χ2v) is 9.42. The average molecular weight is 451 g/mol. The third-order valence-electron chi connectivity index (χ3n) is 7.35. The standard InChI is InChI=1S/C29H30N4O/c1-32-27-11-5-3-9-22(27)24-19-33(17-14-28(24)32)16-7-6-15-30-29(34)20-12-13-26-23(18-20)21-8-2-4-10-25(21)31-26/h2-5,8-13,18,31H,6-7,14-17,19H2,1H3,(H,30,34). The van der Waals surface area contributed by atoms with Crippen LogP contribution in [0.1, 0.15) is 34.5 Å². The van der Waals surface area contributed by atoms with E-state index in [4.69, 9.17) is 0 Å². The van der Waals surface area contributed by atoms with Gasteiger partial charge in [-0.1, -0.05) is 36.4 Å². The molecule has 1 aliphatic rings. The predicted molar refractivity (Wildman–Crippen MR) is 139 cm³/mol. The predicted octanol–water partition coefficient (Wildman–Crippen LogP) is 5.38. The summed E-state index contributed by atoms with van der Waals surface area (Å²) in [4.78, 5) is 18.7. The van der Waals surface area contributed by atoms with Crippen LogP contribution >= 0.6 is 0 Å². The van der Waals surface area contributed by atoms with E-state index in [2.05, 4.69) is 63.2 Å². The number of aromatic amines is 1. The number of nitrogens with one attached hydrogen (secondary N) is 2. The van der Waals surface area contributed by atoms with E-state index in [1.54, 1.807) is 0 Å². The molecule has 0 radical (unpaired) electrons. The number of amides is 1. The highest BCUT2D eigenvalue weighted by Crippen LogP contribution is 2.30. The molecule has 1 aliphatic heterocycles. The maximum absolute atomic E-state index is 12.7. The molecule has 0 bridgehead atoms. The van der Waals surface area contributed by atoms with Gasteiger partial charge in [-0.2, -0.15) is 0 Å². The Kier molecular flexibility index (Phi) is 5.34. The van der Waals surface area contributed by atoms with Gasteiger partial charge in [0, 0.05) is 77.1 Å². The lowest BCUT2D eigenvalue weighted by atomic mass is 10.0. The number of nitrogens with zero attached hydrogens (tertiary/aromatic N) is 2. The largest absolute Gasteiger partial charge is 0.355 e. The lowest BCUT2D eigenvalue weighted by Gasteiger charge is -2.27. The Labute approximate surface area is 199 Å². The van der Waals surface area contributed by atoms with Crippen molar-refractivity contribution >= 4 is 38.6 Å². The van der Waals surface area contributed by atoms with Gasteiger partial charge in [-0.25, -0.2) is 0 Å². The van der Waals surface area contributed by atoms with Crippen LogP contribution < -0.4 is 5.32 Å².